The molecule has 2 aromatic rings. The molecule has 5 nitrogen and oxygen atoms in total. The molecule has 0 N–H and O–H groups in total. The van der Waals surface area contributed by atoms with E-state index in [2.05, 4.69) is 30.1 Å². The maximum atomic E-state index is 4.51. The number of anilines is 1. The zero-order chi connectivity index (χ0) is 15.7. The van der Waals surface area contributed by atoms with E-state index >= 15 is 0 Å². The molecule has 2 fully saturated rings. The lowest BCUT2D eigenvalue weighted by molar-refractivity contribution is 0.0990. The number of piperidine rings is 1. The smallest absolute Gasteiger partial charge is 0.225 e. The first kappa shape index (κ1) is 15.0. The minimum Gasteiger partial charge on any atom is -0.340 e. The minimum absolute atomic E-state index is 0.407. The highest BCUT2D eigenvalue weighted by Gasteiger charge is 2.42. The molecule has 0 bridgehead atoms. The number of hydrogen-bond acceptors (Lipinski definition) is 6. The van der Waals surface area contributed by atoms with Crippen LogP contribution in [0.2, 0.25) is 0 Å². The lowest BCUT2D eigenvalue weighted by atomic mass is 9.79. The van der Waals surface area contributed by atoms with Crippen molar-refractivity contribution in [3.05, 3.63) is 34.5 Å². The summed E-state index contributed by atoms with van der Waals surface area (Å²) in [5.41, 5.74) is 1.53. The van der Waals surface area contributed by atoms with Crippen molar-refractivity contribution in [2.24, 2.45) is 5.41 Å². The monoisotopic (exact) mass is 329 g/mol. The van der Waals surface area contributed by atoms with Crippen LogP contribution < -0.4 is 4.90 Å². The Morgan fingerprint density at radius 2 is 2.00 bits per heavy atom. The van der Waals surface area contributed by atoms with E-state index in [0.29, 0.717) is 5.41 Å². The van der Waals surface area contributed by atoms with Gasteiger partial charge in [0.25, 0.3) is 0 Å². The van der Waals surface area contributed by atoms with Gasteiger partial charge in [-0.15, -0.1) is 11.3 Å². The van der Waals surface area contributed by atoms with E-state index in [1.54, 1.807) is 11.3 Å². The van der Waals surface area contributed by atoms with E-state index in [1.807, 2.05) is 25.5 Å². The molecule has 2 aliphatic heterocycles. The standard InChI is InChI=1S/C17H23N5S/c1-14-9-19-16(20-10-14)22-7-4-17(13-22)3-2-6-21(12-17)11-15-18-5-8-23-15/h5,8-10H,2-4,6-7,11-13H2,1H3. The summed E-state index contributed by atoms with van der Waals surface area (Å²) in [5.74, 6) is 0.893. The number of aryl methyl sites for hydroxylation is 1. The molecule has 0 aliphatic carbocycles. The van der Waals surface area contributed by atoms with Crippen molar-refractivity contribution in [1.82, 2.24) is 19.9 Å². The molecule has 4 heterocycles. The third-order valence-corrected chi connectivity index (χ3v) is 5.84. The fraction of sp³-hybridized carbons (Fsp3) is 0.588. The first-order valence-corrected chi connectivity index (χ1v) is 9.25. The van der Waals surface area contributed by atoms with E-state index in [4.69, 9.17) is 0 Å². The van der Waals surface area contributed by atoms with Crippen LogP contribution in [-0.2, 0) is 6.54 Å². The fourth-order valence-corrected chi connectivity index (χ4v) is 4.61. The van der Waals surface area contributed by atoms with Gasteiger partial charge in [0.15, 0.2) is 0 Å². The van der Waals surface area contributed by atoms with E-state index in [1.165, 1.54) is 37.4 Å². The Labute approximate surface area is 141 Å². The first-order chi connectivity index (χ1) is 11.2. The molecule has 1 spiro atoms. The minimum atomic E-state index is 0.407. The molecule has 2 aliphatic rings. The van der Waals surface area contributed by atoms with Gasteiger partial charge in [0.2, 0.25) is 5.95 Å². The molecule has 6 heteroatoms. The van der Waals surface area contributed by atoms with Gasteiger partial charge in [-0.3, -0.25) is 4.90 Å². The zero-order valence-electron chi connectivity index (χ0n) is 13.6. The Balaban J connectivity index is 1.43. The highest BCUT2D eigenvalue weighted by Crippen LogP contribution is 2.40. The number of thiazole rings is 1. The molecule has 0 radical (unpaired) electrons. The molecular formula is C17H23N5S. The second kappa shape index (κ2) is 6.17. The van der Waals surface area contributed by atoms with Crippen LogP contribution >= 0.6 is 11.3 Å². The SMILES string of the molecule is Cc1cnc(N2CCC3(CCCN(Cc4nccs4)C3)C2)nc1. The maximum Gasteiger partial charge on any atom is 0.225 e. The van der Waals surface area contributed by atoms with Gasteiger partial charge in [-0.2, -0.15) is 0 Å². The summed E-state index contributed by atoms with van der Waals surface area (Å²) in [5, 5.41) is 3.31. The fourth-order valence-electron chi connectivity index (χ4n) is 3.96. The van der Waals surface area contributed by atoms with Gasteiger partial charge in [-0.25, -0.2) is 15.0 Å². The highest BCUT2D eigenvalue weighted by molar-refractivity contribution is 7.09. The molecule has 23 heavy (non-hydrogen) atoms. The molecule has 4 rings (SSSR count). The quantitative estimate of drug-likeness (QED) is 0.866. The van der Waals surface area contributed by atoms with Gasteiger partial charge in [0.1, 0.15) is 5.01 Å². The summed E-state index contributed by atoms with van der Waals surface area (Å²) in [6.45, 7) is 7.57. The second-order valence-electron chi connectivity index (χ2n) is 6.97. The molecule has 0 saturated carbocycles. The van der Waals surface area contributed by atoms with Crippen LogP contribution in [-0.4, -0.2) is 46.0 Å². The summed E-state index contributed by atoms with van der Waals surface area (Å²) in [4.78, 5) is 18.4. The molecule has 1 atom stereocenters. The Kier molecular flexibility index (Phi) is 4.03. The Morgan fingerprint density at radius 3 is 2.78 bits per heavy atom. The molecule has 2 aromatic heterocycles. The van der Waals surface area contributed by atoms with Gasteiger partial charge in [-0.1, -0.05) is 0 Å². The first-order valence-electron chi connectivity index (χ1n) is 8.37. The number of rotatable bonds is 3. The molecule has 0 aromatic carbocycles. The summed E-state index contributed by atoms with van der Waals surface area (Å²) >= 11 is 1.76. The molecule has 2 saturated heterocycles. The lowest BCUT2D eigenvalue weighted by Gasteiger charge is -2.40. The van der Waals surface area contributed by atoms with Gasteiger partial charge < -0.3 is 4.90 Å². The van der Waals surface area contributed by atoms with E-state index in [0.717, 1.165) is 31.1 Å². The van der Waals surface area contributed by atoms with E-state index < -0.39 is 0 Å². The van der Waals surface area contributed by atoms with Crippen LogP contribution in [0.25, 0.3) is 0 Å². The van der Waals surface area contributed by atoms with Gasteiger partial charge >= 0.3 is 0 Å². The largest absolute Gasteiger partial charge is 0.340 e. The molecule has 0 amide bonds. The van der Waals surface area contributed by atoms with Crippen molar-refractivity contribution in [3.8, 4) is 0 Å². The lowest BCUT2D eigenvalue weighted by Crippen LogP contribution is -2.44. The van der Waals surface area contributed by atoms with Crippen LogP contribution in [0.1, 0.15) is 29.8 Å². The molecular weight excluding hydrogens is 306 g/mol. The number of hydrogen-bond donors (Lipinski definition) is 0. The topological polar surface area (TPSA) is 45.2 Å². The predicted octanol–water partition coefficient (Wildman–Crippen LogP) is 2.73. The summed E-state index contributed by atoms with van der Waals surface area (Å²) in [7, 11) is 0. The van der Waals surface area contributed by atoms with Crippen LogP contribution in [0, 0.1) is 12.3 Å². The van der Waals surface area contributed by atoms with Crippen molar-refractivity contribution < 1.29 is 0 Å². The van der Waals surface area contributed by atoms with Crippen molar-refractivity contribution in [2.45, 2.75) is 32.7 Å². The summed E-state index contributed by atoms with van der Waals surface area (Å²) in [6, 6.07) is 0. The Bertz CT molecular complexity index is 642. The maximum absolute atomic E-state index is 4.51. The summed E-state index contributed by atoms with van der Waals surface area (Å²) in [6.07, 6.45) is 9.61. The van der Waals surface area contributed by atoms with E-state index in [9.17, 15) is 0 Å². The van der Waals surface area contributed by atoms with Crippen molar-refractivity contribution >= 4 is 17.3 Å². The molecule has 1 unspecified atom stereocenters. The third-order valence-electron chi connectivity index (χ3n) is 5.07. The van der Waals surface area contributed by atoms with Crippen molar-refractivity contribution in [1.29, 1.82) is 0 Å². The highest BCUT2D eigenvalue weighted by atomic mass is 32.1. The third kappa shape index (κ3) is 3.23. The molecule has 122 valence electrons. The van der Waals surface area contributed by atoms with Crippen LogP contribution in [0.15, 0.2) is 24.0 Å². The average molecular weight is 329 g/mol. The Morgan fingerprint density at radius 1 is 1.13 bits per heavy atom. The number of likely N-dealkylation sites (tertiary alicyclic amines) is 1. The predicted molar refractivity (Wildman–Crippen MR) is 92.7 cm³/mol. The zero-order valence-corrected chi connectivity index (χ0v) is 14.4. The van der Waals surface area contributed by atoms with Crippen LogP contribution in [0.3, 0.4) is 0 Å². The normalized spacial score (nSPS) is 25.3. The average Bonchev–Trinajstić information content (AvgIpc) is 3.19. The van der Waals surface area contributed by atoms with Crippen molar-refractivity contribution in [2.75, 3.05) is 31.1 Å². The van der Waals surface area contributed by atoms with Gasteiger partial charge in [-0.05, 0) is 38.3 Å². The van der Waals surface area contributed by atoms with Crippen LogP contribution in [0.5, 0.6) is 0 Å². The van der Waals surface area contributed by atoms with Crippen LogP contribution in [0.4, 0.5) is 5.95 Å². The van der Waals surface area contributed by atoms with E-state index in [-0.39, 0.29) is 0 Å². The second-order valence-corrected chi connectivity index (χ2v) is 7.95. The van der Waals surface area contributed by atoms with Crippen molar-refractivity contribution in [3.63, 3.8) is 0 Å². The number of aromatic nitrogens is 3. The van der Waals surface area contributed by atoms with Gasteiger partial charge in [0, 0.05) is 49.0 Å². The number of nitrogens with zero attached hydrogens (tertiary/aromatic N) is 5. The van der Waals surface area contributed by atoms with Gasteiger partial charge in [0.05, 0.1) is 6.54 Å². The summed E-state index contributed by atoms with van der Waals surface area (Å²) < 4.78 is 0. The Hall–Kier alpha value is -1.53.